The zero-order valence-corrected chi connectivity index (χ0v) is 11.6. The first-order chi connectivity index (χ1) is 5.63. The maximum absolute atomic E-state index is 2.45. The zero-order chi connectivity index (χ0) is 9.61. The quantitative estimate of drug-likeness (QED) is 0.559. The summed E-state index contributed by atoms with van der Waals surface area (Å²) in [5, 5.41) is 0. The van der Waals surface area contributed by atoms with E-state index in [2.05, 4.69) is 27.7 Å². The van der Waals surface area contributed by atoms with Crippen LogP contribution >= 0.6 is 0 Å². The maximum atomic E-state index is 2.45. The van der Waals surface area contributed by atoms with Gasteiger partial charge in [-0.3, -0.25) is 0 Å². The van der Waals surface area contributed by atoms with Crippen molar-refractivity contribution < 1.29 is 0 Å². The van der Waals surface area contributed by atoms with E-state index in [0.29, 0.717) is 5.41 Å². The van der Waals surface area contributed by atoms with E-state index in [9.17, 15) is 0 Å². The molecule has 0 bridgehead atoms. The molecule has 0 aromatic carbocycles. The Balaban J connectivity index is 4.28. The van der Waals surface area contributed by atoms with Crippen LogP contribution in [0.25, 0.3) is 0 Å². The summed E-state index contributed by atoms with van der Waals surface area (Å²) in [6.07, 6.45) is 7.00. The second-order valence-corrected chi connectivity index (χ2v) is 6.10. The molecule has 12 heavy (non-hydrogen) atoms. The monoisotopic (exact) mass is 186 g/mol. The van der Waals surface area contributed by atoms with Crippen molar-refractivity contribution in [2.75, 3.05) is 0 Å². The minimum Gasteiger partial charge on any atom is -0.0654 e. The van der Waals surface area contributed by atoms with Gasteiger partial charge in [0.05, 0.1) is 0 Å². The molecule has 0 fully saturated rings. The van der Waals surface area contributed by atoms with Crippen molar-refractivity contribution in [1.82, 2.24) is 0 Å². The molecule has 0 N–H and O–H groups in total. The predicted octanol–water partition coefficient (Wildman–Crippen LogP) is 3.16. The Bertz CT molecular complexity index is 102. The molecule has 0 heterocycles. The molecule has 0 radical (unpaired) electrons. The summed E-state index contributed by atoms with van der Waals surface area (Å²) in [6.45, 7) is 9.47. The highest BCUT2D eigenvalue weighted by Crippen LogP contribution is 2.42. The SMILES string of the molecule is CCCC(CC)(CCC)C(C)[SiH3]. The van der Waals surface area contributed by atoms with Crippen molar-refractivity contribution >= 4 is 10.2 Å². The van der Waals surface area contributed by atoms with Crippen molar-refractivity contribution in [2.24, 2.45) is 5.41 Å². The fourth-order valence-corrected chi connectivity index (χ4v) is 3.45. The van der Waals surface area contributed by atoms with E-state index in [1.54, 1.807) is 0 Å². The molecular weight excluding hydrogens is 160 g/mol. The zero-order valence-electron chi connectivity index (χ0n) is 9.61. The predicted molar refractivity (Wildman–Crippen MR) is 61.9 cm³/mol. The highest BCUT2D eigenvalue weighted by molar-refractivity contribution is 6.11. The molecule has 0 nitrogen and oxygen atoms in total. The third-order valence-electron chi connectivity index (χ3n) is 3.42. The van der Waals surface area contributed by atoms with Gasteiger partial charge in [0.2, 0.25) is 0 Å². The molecule has 1 unspecified atom stereocenters. The summed E-state index contributed by atoms with van der Waals surface area (Å²) >= 11 is 0. The van der Waals surface area contributed by atoms with Crippen molar-refractivity contribution in [3.05, 3.63) is 0 Å². The summed E-state index contributed by atoms with van der Waals surface area (Å²) in [5.41, 5.74) is 1.69. The standard InChI is InChI=1S/C11H26Si/c1-5-8-11(7-3,9-6-2)10(4)12/h10H,5-9H2,1-4,12H3. The Hall–Kier alpha value is 0.217. The molecule has 74 valence electrons. The van der Waals surface area contributed by atoms with E-state index in [0.717, 1.165) is 5.54 Å². The first-order valence-electron chi connectivity index (χ1n) is 5.63. The molecule has 0 amide bonds. The van der Waals surface area contributed by atoms with Crippen LogP contribution in [0.1, 0.15) is 59.8 Å². The second-order valence-electron chi connectivity index (χ2n) is 4.37. The van der Waals surface area contributed by atoms with Gasteiger partial charge in [0.25, 0.3) is 0 Å². The molecule has 1 heteroatoms. The number of rotatable bonds is 6. The van der Waals surface area contributed by atoms with Crippen LogP contribution in [0.2, 0.25) is 5.54 Å². The molecule has 0 aliphatic carbocycles. The fraction of sp³-hybridized carbons (Fsp3) is 1.00. The molecule has 0 aliphatic rings. The minimum atomic E-state index is 0.704. The molecule has 0 saturated heterocycles. The summed E-state index contributed by atoms with van der Waals surface area (Å²) in [5.74, 6) is 0. The first kappa shape index (κ1) is 12.2. The molecule has 0 aliphatic heterocycles. The molecule has 0 aromatic rings. The van der Waals surface area contributed by atoms with E-state index in [4.69, 9.17) is 0 Å². The number of hydrogen-bond acceptors (Lipinski definition) is 0. The van der Waals surface area contributed by atoms with Crippen LogP contribution in [0.3, 0.4) is 0 Å². The van der Waals surface area contributed by atoms with Gasteiger partial charge < -0.3 is 0 Å². The molecule has 0 spiro atoms. The Labute approximate surface area is 81.6 Å². The van der Waals surface area contributed by atoms with Crippen LogP contribution in [0.15, 0.2) is 0 Å². The van der Waals surface area contributed by atoms with E-state index in [-0.39, 0.29) is 0 Å². The highest BCUT2D eigenvalue weighted by atomic mass is 28.1. The lowest BCUT2D eigenvalue weighted by molar-refractivity contribution is 0.215. The van der Waals surface area contributed by atoms with Gasteiger partial charge in [-0.25, -0.2) is 0 Å². The van der Waals surface area contributed by atoms with E-state index in [1.165, 1.54) is 42.3 Å². The molecule has 0 saturated carbocycles. The van der Waals surface area contributed by atoms with Crippen LogP contribution < -0.4 is 0 Å². The summed E-state index contributed by atoms with van der Waals surface area (Å²) in [4.78, 5) is 0. The minimum absolute atomic E-state index is 0.704. The van der Waals surface area contributed by atoms with E-state index < -0.39 is 0 Å². The summed E-state index contributed by atoms with van der Waals surface area (Å²) in [7, 11) is 1.36. The van der Waals surface area contributed by atoms with Crippen molar-refractivity contribution in [2.45, 2.75) is 65.3 Å². The Morgan fingerprint density at radius 2 is 1.50 bits per heavy atom. The van der Waals surface area contributed by atoms with Crippen LogP contribution in [0.5, 0.6) is 0 Å². The topological polar surface area (TPSA) is 0 Å². The van der Waals surface area contributed by atoms with Gasteiger partial charge in [-0.15, -0.1) is 0 Å². The second kappa shape index (κ2) is 5.79. The molecule has 0 aromatic heterocycles. The lowest BCUT2D eigenvalue weighted by atomic mass is 9.74. The Kier molecular flexibility index (Phi) is 5.90. The van der Waals surface area contributed by atoms with Crippen LogP contribution in [-0.2, 0) is 0 Å². The van der Waals surface area contributed by atoms with Gasteiger partial charge >= 0.3 is 0 Å². The Morgan fingerprint density at radius 3 is 1.67 bits per heavy atom. The van der Waals surface area contributed by atoms with Gasteiger partial charge in [-0.1, -0.05) is 52.5 Å². The van der Waals surface area contributed by atoms with Gasteiger partial charge in [0.1, 0.15) is 0 Å². The first-order valence-corrected chi connectivity index (χ1v) is 6.78. The number of hydrogen-bond donors (Lipinski definition) is 0. The Morgan fingerprint density at radius 1 is 1.08 bits per heavy atom. The molecule has 0 rings (SSSR count). The van der Waals surface area contributed by atoms with E-state index in [1.807, 2.05) is 0 Å². The van der Waals surface area contributed by atoms with Crippen molar-refractivity contribution in [1.29, 1.82) is 0 Å². The molecular formula is C11H26Si. The fourth-order valence-electron chi connectivity index (χ4n) is 2.46. The summed E-state index contributed by atoms with van der Waals surface area (Å²) in [6, 6.07) is 0. The van der Waals surface area contributed by atoms with Crippen LogP contribution in [-0.4, -0.2) is 10.2 Å². The van der Waals surface area contributed by atoms with Crippen molar-refractivity contribution in [3.8, 4) is 0 Å². The highest BCUT2D eigenvalue weighted by Gasteiger charge is 2.29. The lowest BCUT2D eigenvalue weighted by Crippen LogP contribution is -2.24. The van der Waals surface area contributed by atoms with Crippen LogP contribution in [0.4, 0.5) is 0 Å². The van der Waals surface area contributed by atoms with Gasteiger partial charge in [0, 0.05) is 10.2 Å². The lowest BCUT2D eigenvalue weighted by Gasteiger charge is -2.37. The maximum Gasteiger partial charge on any atom is 0.00708 e. The average molecular weight is 186 g/mol. The third kappa shape index (κ3) is 2.93. The van der Waals surface area contributed by atoms with Crippen molar-refractivity contribution in [3.63, 3.8) is 0 Å². The third-order valence-corrected chi connectivity index (χ3v) is 4.65. The smallest absolute Gasteiger partial charge is 0.00708 e. The summed E-state index contributed by atoms with van der Waals surface area (Å²) < 4.78 is 0. The molecule has 1 atom stereocenters. The van der Waals surface area contributed by atoms with Gasteiger partial charge in [-0.2, -0.15) is 0 Å². The normalized spacial score (nSPS) is 15.0. The van der Waals surface area contributed by atoms with E-state index >= 15 is 0 Å². The largest absolute Gasteiger partial charge is 0.0654 e. The van der Waals surface area contributed by atoms with Crippen LogP contribution in [0, 0.1) is 5.41 Å². The van der Waals surface area contributed by atoms with Gasteiger partial charge in [-0.05, 0) is 18.3 Å². The van der Waals surface area contributed by atoms with Gasteiger partial charge in [0.15, 0.2) is 0 Å². The average Bonchev–Trinajstić information content (AvgIpc) is 2.03.